The number of pyridine rings is 1. The first-order chi connectivity index (χ1) is 28.4. The fourth-order valence-corrected chi connectivity index (χ4v) is 10.0. The molecule has 6 aromatic carbocycles. The lowest BCUT2D eigenvalue weighted by Gasteiger charge is -2.46. The maximum atomic E-state index is 6.94. The van der Waals surface area contributed by atoms with E-state index >= 15 is 0 Å². The van der Waals surface area contributed by atoms with Crippen molar-refractivity contribution in [3.63, 3.8) is 0 Å². The third kappa shape index (κ3) is 5.20. The quantitative estimate of drug-likeness (QED) is 0.179. The van der Waals surface area contributed by atoms with Gasteiger partial charge in [-0.15, -0.1) is 0 Å². The van der Waals surface area contributed by atoms with Gasteiger partial charge in [-0.3, -0.25) is 4.57 Å². The van der Waals surface area contributed by atoms with E-state index in [-0.39, 0.29) is 10.8 Å². The van der Waals surface area contributed by atoms with Crippen LogP contribution in [-0.4, -0.2) is 23.3 Å². The van der Waals surface area contributed by atoms with E-state index in [1.807, 2.05) is 18.3 Å². The minimum atomic E-state index is -0.611. The highest BCUT2D eigenvalue weighted by molar-refractivity contribution is 6.09. The van der Waals surface area contributed by atoms with Gasteiger partial charge in [-0.1, -0.05) is 133 Å². The molecule has 0 saturated heterocycles. The number of para-hydroxylation sites is 2. The zero-order valence-corrected chi connectivity index (χ0v) is 34.8. The Labute approximate surface area is 346 Å². The minimum absolute atomic E-state index is 0.0359. The second-order valence-electron chi connectivity index (χ2n) is 18.6. The number of anilines is 3. The van der Waals surface area contributed by atoms with Crippen LogP contribution in [0.3, 0.4) is 0 Å². The molecule has 0 saturated carbocycles. The van der Waals surface area contributed by atoms with Crippen molar-refractivity contribution in [2.24, 2.45) is 0 Å². The van der Waals surface area contributed by atoms with Gasteiger partial charge in [0.05, 0.1) is 40.2 Å². The Morgan fingerprint density at radius 1 is 0.559 bits per heavy atom. The molecular weight excluding hydrogens is 721 g/mol. The van der Waals surface area contributed by atoms with Crippen molar-refractivity contribution in [2.75, 3.05) is 23.5 Å². The number of benzene rings is 6. The van der Waals surface area contributed by atoms with E-state index in [9.17, 15) is 0 Å². The van der Waals surface area contributed by atoms with Gasteiger partial charge < -0.3 is 14.5 Å². The van der Waals surface area contributed by atoms with Crippen LogP contribution in [0.15, 0.2) is 140 Å². The molecule has 2 aliphatic heterocycles. The standard InChI is InChI=1S/C54H48N4O/c1-52(2,3)36-22-20-34-18-19-35-21-23-37(53(4,5)6)30-45(35)54(44(34)29-36)42-27-25-39(32-49(42)57-33-56(7)47-16-12-14-43(54)51(47)57)59-38-24-26-41-40-13-8-9-15-46(40)58(48(41)31-38)50-17-10-11-28-55-50/h8-32H,33H2,1-7H3. The molecule has 5 heteroatoms. The molecule has 5 nitrogen and oxygen atoms in total. The molecule has 0 radical (unpaired) electrons. The number of aromatic nitrogens is 2. The van der Waals surface area contributed by atoms with Crippen LogP contribution in [0, 0.1) is 0 Å². The average Bonchev–Trinajstić information content (AvgIpc) is 3.70. The molecule has 1 spiro atoms. The highest BCUT2D eigenvalue weighted by Crippen LogP contribution is 2.62. The summed E-state index contributed by atoms with van der Waals surface area (Å²) in [6.45, 7) is 14.7. The van der Waals surface area contributed by atoms with E-state index in [0.717, 1.165) is 40.7 Å². The molecule has 0 bridgehead atoms. The summed E-state index contributed by atoms with van der Waals surface area (Å²) >= 11 is 0. The van der Waals surface area contributed by atoms with Crippen molar-refractivity contribution in [3.05, 3.63) is 184 Å². The normalized spacial score (nSPS) is 15.0. The van der Waals surface area contributed by atoms with Crippen LogP contribution in [0.2, 0.25) is 0 Å². The molecule has 11 rings (SSSR count). The van der Waals surface area contributed by atoms with Crippen molar-refractivity contribution in [1.29, 1.82) is 0 Å². The van der Waals surface area contributed by atoms with E-state index in [1.54, 1.807) is 0 Å². The summed E-state index contributed by atoms with van der Waals surface area (Å²) in [4.78, 5) is 9.65. The summed E-state index contributed by atoms with van der Waals surface area (Å²) in [5, 5.41) is 2.35. The molecule has 3 aliphatic rings. The smallest absolute Gasteiger partial charge is 0.137 e. The van der Waals surface area contributed by atoms with E-state index in [0.29, 0.717) is 0 Å². The van der Waals surface area contributed by atoms with Crippen LogP contribution in [0.4, 0.5) is 17.1 Å². The summed E-state index contributed by atoms with van der Waals surface area (Å²) in [6.07, 6.45) is 6.53. The number of hydrogen-bond acceptors (Lipinski definition) is 4. The van der Waals surface area contributed by atoms with Crippen molar-refractivity contribution in [2.45, 2.75) is 57.8 Å². The molecule has 290 valence electrons. The first kappa shape index (κ1) is 35.6. The fraction of sp³-hybridized carbons (Fsp3) is 0.204. The maximum Gasteiger partial charge on any atom is 0.137 e. The summed E-state index contributed by atoms with van der Waals surface area (Å²) < 4.78 is 9.18. The number of nitrogens with zero attached hydrogens (tertiary/aromatic N) is 4. The molecule has 0 unspecified atom stereocenters. The lowest BCUT2D eigenvalue weighted by Crippen LogP contribution is -2.39. The Morgan fingerprint density at radius 2 is 1.22 bits per heavy atom. The third-order valence-electron chi connectivity index (χ3n) is 13.0. The first-order valence-electron chi connectivity index (χ1n) is 20.8. The Hall–Kier alpha value is -6.59. The largest absolute Gasteiger partial charge is 0.457 e. The van der Waals surface area contributed by atoms with Crippen LogP contribution >= 0.6 is 0 Å². The van der Waals surface area contributed by atoms with Gasteiger partial charge in [0.1, 0.15) is 17.3 Å². The molecule has 0 amide bonds. The van der Waals surface area contributed by atoms with Crippen LogP contribution in [0.1, 0.15) is 86.1 Å². The van der Waals surface area contributed by atoms with Crippen LogP contribution in [0.5, 0.6) is 11.5 Å². The molecule has 0 fully saturated rings. The number of ether oxygens (including phenoxy) is 1. The second kappa shape index (κ2) is 12.5. The Morgan fingerprint density at radius 3 is 1.92 bits per heavy atom. The molecule has 59 heavy (non-hydrogen) atoms. The van der Waals surface area contributed by atoms with Crippen molar-refractivity contribution in [3.8, 4) is 17.3 Å². The highest BCUT2D eigenvalue weighted by atomic mass is 16.5. The first-order valence-corrected chi connectivity index (χ1v) is 20.8. The molecule has 0 N–H and O–H groups in total. The van der Waals surface area contributed by atoms with E-state index in [2.05, 4.69) is 196 Å². The second-order valence-corrected chi connectivity index (χ2v) is 18.6. The van der Waals surface area contributed by atoms with Crippen LogP contribution in [0.25, 0.3) is 39.8 Å². The van der Waals surface area contributed by atoms with Crippen molar-refractivity contribution < 1.29 is 4.74 Å². The highest BCUT2D eigenvalue weighted by Gasteiger charge is 2.51. The van der Waals surface area contributed by atoms with Crippen molar-refractivity contribution >= 4 is 51.0 Å². The number of hydrogen-bond donors (Lipinski definition) is 0. The predicted octanol–water partition coefficient (Wildman–Crippen LogP) is 13.3. The Bertz CT molecular complexity index is 2980. The minimum Gasteiger partial charge on any atom is -0.457 e. The zero-order chi connectivity index (χ0) is 40.4. The maximum absolute atomic E-state index is 6.94. The molecule has 2 aromatic heterocycles. The van der Waals surface area contributed by atoms with Gasteiger partial charge in [-0.05, 0) is 97.8 Å². The molecule has 1 aliphatic carbocycles. The Kier molecular flexibility index (Phi) is 7.51. The van der Waals surface area contributed by atoms with E-state index in [1.165, 1.54) is 66.7 Å². The monoisotopic (exact) mass is 768 g/mol. The van der Waals surface area contributed by atoms with Gasteiger partial charge in [0, 0.05) is 36.1 Å². The van der Waals surface area contributed by atoms with Gasteiger partial charge in [0.15, 0.2) is 0 Å². The lowest BCUT2D eigenvalue weighted by molar-refractivity contribution is 0.482. The van der Waals surface area contributed by atoms with Crippen molar-refractivity contribution in [1.82, 2.24) is 9.55 Å². The molecule has 4 heterocycles. The Balaban J connectivity index is 1.16. The van der Waals surface area contributed by atoms with Gasteiger partial charge >= 0.3 is 0 Å². The summed E-state index contributed by atoms with van der Waals surface area (Å²) in [6, 6.07) is 49.2. The molecular formula is C54H48N4O. The van der Waals surface area contributed by atoms with Gasteiger partial charge in [-0.25, -0.2) is 4.98 Å². The molecule has 0 atom stereocenters. The molecule has 8 aromatic rings. The SMILES string of the molecule is CN1CN2c3cc(Oc4ccc5c6ccccc6n(-c6ccccn6)c5c4)ccc3C3(c4cc(C(C)(C)C)ccc4C=Cc4ccc(C(C)(C)C)cc43)c3cccc1c32. The predicted molar refractivity (Wildman–Crippen MR) is 245 cm³/mol. The summed E-state index contributed by atoms with van der Waals surface area (Å²) in [5.74, 6) is 2.46. The van der Waals surface area contributed by atoms with E-state index in [4.69, 9.17) is 9.72 Å². The third-order valence-corrected chi connectivity index (χ3v) is 13.0. The van der Waals surface area contributed by atoms with Gasteiger partial charge in [0.25, 0.3) is 0 Å². The summed E-state index contributed by atoms with van der Waals surface area (Å²) in [7, 11) is 2.21. The van der Waals surface area contributed by atoms with E-state index < -0.39 is 5.41 Å². The number of rotatable bonds is 3. The summed E-state index contributed by atoms with van der Waals surface area (Å²) in [5.41, 5.74) is 15.5. The van der Waals surface area contributed by atoms with Gasteiger partial charge in [0.2, 0.25) is 0 Å². The van der Waals surface area contributed by atoms with Crippen LogP contribution < -0.4 is 14.5 Å². The number of fused-ring (bicyclic) bond motifs is 11. The van der Waals surface area contributed by atoms with Gasteiger partial charge in [-0.2, -0.15) is 0 Å². The topological polar surface area (TPSA) is 33.5 Å². The lowest BCUT2D eigenvalue weighted by atomic mass is 9.60. The zero-order valence-electron chi connectivity index (χ0n) is 34.8. The van der Waals surface area contributed by atoms with Crippen LogP contribution in [-0.2, 0) is 16.2 Å². The average molecular weight is 769 g/mol. The fourth-order valence-electron chi connectivity index (χ4n) is 10.0.